The van der Waals surface area contributed by atoms with Gasteiger partial charge in [-0.05, 0) is 18.6 Å². The van der Waals surface area contributed by atoms with Gasteiger partial charge in [0.25, 0.3) is 0 Å². The molecule has 0 bridgehead atoms. The second-order valence-electron chi connectivity index (χ2n) is 5.85. The van der Waals surface area contributed by atoms with Gasteiger partial charge in [0, 0.05) is 26.2 Å². The van der Waals surface area contributed by atoms with Crippen molar-refractivity contribution in [2.75, 3.05) is 38.1 Å². The topological polar surface area (TPSA) is 104 Å². The van der Waals surface area contributed by atoms with Crippen LogP contribution < -0.4 is 30.4 Å². The highest BCUT2D eigenvalue weighted by atomic mass is 32.1. The van der Waals surface area contributed by atoms with Gasteiger partial charge in [0.15, 0.2) is 10.6 Å². The average molecular weight is 440 g/mol. The number of hydrogen-bond acceptors (Lipinski definition) is 5. The summed E-state index contributed by atoms with van der Waals surface area (Å²) in [5.74, 6) is 0. The quantitative estimate of drug-likeness (QED) is 0.261. The van der Waals surface area contributed by atoms with Gasteiger partial charge in [-0.25, -0.2) is 0 Å². The molecule has 158 valence electrons. The van der Waals surface area contributed by atoms with E-state index in [1.54, 1.807) is 0 Å². The van der Waals surface area contributed by atoms with Crippen molar-refractivity contribution in [3.05, 3.63) is 12.1 Å². The predicted octanol–water partition coefficient (Wildman–Crippen LogP) is 4.06. The van der Waals surface area contributed by atoms with E-state index in [-0.39, 0.29) is 0 Å². The molecular formula is C16H35N5O3P2S. The third-order valence-electron chi connectivity index (χ3n) is 3.56. The van der Waals surface area contributed by atoms with E-state index in [1.165, 1.54) is 11.3 Å². The van der Waals surface area contributed by atoms with Crippen molar-refractivity contribution < 1.29 is 13.9 Å². The van der Waals surface area contributed by atoms with E-state index >= 15 is 0 Å². The van der Waals surface area contributed by atoms with E-state index in [1.807, 2.05) is 39.8 Å². The van der Waals surface area contributed by atoms with Crippen LogP contribution in [0.15, 0.2) is 12.1 Å². The maximum atomic E-state index is 13.7. The highest BCUT2D eigenvalue weighted by molar-refractivity contribution is 7.78. The summed E-state index contributed by atoms with van der Waals surface area (Å²) in [5.41, 5.74) is -0.845. The molecule has 0 aliphatic heterocycles. The van der Waals surface area contributed by atoms with Crippen LogP contribution in [0.2, 0.25) is 0 Å². The lowest BCUT2D eigenvalue weighted by Gasteiger charge is -2.35. The summed E-state index contributed by atoms with van der Waals surface area (Å²) in [7, 11) is -6.44. The maximum absolute atomic E-state index is 13.7. The van der Waals surface area contributed by atoms with Crippen molar-refractivity contribution in [2.24, 2.45) is 0 Å². The summed E-state index contributed by atoms with van der Waals surface area (Å²) in [6.07, 6.45) is 0.926. The zero-order valence-corrected chi connectivity index (χ0v) is 19.6. The van der Waals surface area contributed by atoms with Gasteiger partial charge >= 0.3 is 0 Å². The van der Waals surface area contributed by atoms with Gasteiger partial charge in [-0.15, -0.1) is 0 Å². The Morgan fingerprint density at radius 3 is 1.78 bits per heavy atom. The monoisotopic (exact) mass is 439 g/mol. The first-order valence-electron chi connectivity index (χ1n) is 9.58. The summed E-state index contributed by atoms with van der Waals surface area (Å²) in [4.78, 5) is 0. The molecule has 11 heteroatoms. The number of rotatable bonds is 15. The van der Waals surface area contributed by atoms with Crippen molar-refractivity contribution in [3.63, 3.8) is 0 Å². The van der Waals surface area contributed by atoms with Crippen LogP contribution in [-0.4, -0.2) is 38.3 Å². The van der Waals surface area contributed by atoms with Gasteiger partial charge in [-0.2, -0.15) is 0 Å². The zero-order valence-electron chi connectivity index (χ0n) is 17.0. The molecule has 0 atom stereocenters. The first-order chi connectivity index (χ1) is 12.9. The van der Waals surface area contributed by atoms with E-state index in [0.717, 1.165) is 16.5 Å². The van der Waals surface area contributed by atoms with E-state index in [2.05, 4.69) is 32.6 Å². The lowest BCUT2D eigenvalue weighted by Crippen LogP contribution is -2.41. The van der Waals surface area contributed by atoms with Gasteiger partial charge < -0.3 is 10.1 Å². The predicted molar refractivity (Wildman–Crippen MR) is 117 cm³/mol. The fourth-order valence-corrected chi connectivity index (χ4v) is 9.84. The van der Waals surface area contributed by atoms with Gasteiger partial charge in [-0.3, -0.25) is 29.5 Å². The SMILES string of the molecule is CCCOc1ccc(NC(P(=O)(NCC)NCC)P(=O)(NCC)NCC)s1. The largest absolute Gasteiger partial charge is 0.484 e. The number of ether oxygens (including phenoxy) is 1. The molecule has 8 nitrogen and oxygen atoms in total. The van der Waals surface area contributed by atoms with Crippen molar-refractivity contribution in [2.45, 2.75) is 46.6 Å². The molecule has 27 heavy (non-hydrogen) atoms. The van der Waals surface area contributed by atoms with E-state index in [9.17, 15) is 9.13 Å². The fraction of sp³-hybridized carbons (Fsp3) is 0.750. The lowest BCUT2D eigenvalue weighted by molar-refractivity contribution is 0.326. The van der Waals surface area contributed by atoms with Crippen LogP contribution in [0.3, 0.4) is 0 Å². The van der Waals surface area contributed by atoms with Crippen molar-refractivity contribution in [1.82, 2.24) is 20.3 Å². The van der Waals surface area contributed by atoms with Crippen molar-refractivity contribution >= 4 is 31.2 Å². The first kappa shape index (κ1) is 24.6. The van der Waals surface area contributed by atoms with Crippen LogP contribution >= 0.6 is 26.2 Å². The molecule has 0 fully saturated rings. The standard InChI is InChI=1S/C16H35N5O3P2S/c1-6-13-24-15-12-11-14(27-15)21-16(25(22,17-7-2)18-8-3)26(23,19-9-4)20-10-5/h11-12,16,21H,6-10,13H2,1-5H3,(H2,17,18,22)(H2,19,20,23). The Morgan fingerprint density at radius 2 is 1.37 bits per heavy atom. The van der Waals surface area contributed by atoms with Gasteiger partial charge in [-0.1, -0.05) is 46.0 Å². The molecule has 0 spiro atoms. The minimum Gasteiger partial charge on any atom is -0.484 e. The molecule has 0 saturated carbocycles. The second kappa shape index (κ2) is 12.2. The Kier molecular flexibility index (Phi) is 11.2. The lowest BCUT2D eigenvalue weighted by atomic mass is 10.5. The summed E-state index contributed by atoms with van der Waals surface area (Å²) in [6.45, 7) is 12.2. The fourth-order valence-electron chi connectivity index (χ4n) is 2.61. The number of anilines is 1. The summed E-state index contributed by atoms with van der Waals surface area (Å²) >= 11 is 1.42. The van der Waals surface area contributed by atoms with Crippen LogP contribution in [0.1, 0.15) is 41.0 Å². The molecule has 0 saturated heterocycles. The van der Waals surface area contributed by atoms with Crippen LogP contribution in [0, 0.1) is 0 Å². The van der Waals surface area contributed by atoms with Crippen LogP contribution in [0.4, 0.5) is 5.00 Å². The van der Waals surface area contributed by atoms with Crippen LogP contribution in [0.25, 0.3) is 0 Å². The van der Waals surface area contributed by atoms with Crippen LogP contribution in [0.5, 0.6) is 5.06 Å². The molecule has 0 unspecified atom stereocenters. The Hall–Kier alpha value is -0.400. The van der Waals surface area contributed by atoms with Gasteiger partial charge in [0.05, 0.1) is 11.6 Å². The minimum atomic E-state index is -3.22. The third-order valence-corrected chi connectivity index (χ3v) is 11.2. The van der Waals surface area contributed by atoms with Crippen LogP contribution in [-0.2, 0) is 9.13 Å². The highest BCUT2D eigenvalue weighted by Crippen LogP contribution is 2.60. The molecule has 0 aromatic carbocycles. The molecule has 1 rings (SSSR count). The van der Waals surface area contributed by atoms with Crippen molar-refractivity contribution in [1.29, 1.82) is 0 Å². The molecule has 1 aromatic rings. The summed E-state index contributed by atoms with van der Waals surface area (Å²) in [5, 5.41) is 17.0. The molecule has 0 aliphatic rings. The van der Waals surface area contributed by atoms with E-state index < -0.39 is 20.4 Å². The normalized spacial score (nSPS) is 12.5. The molecule has 5 N–H and O–H groups in total. The zero-order chi connectivity index (χ0) is 20.3. The Bertz CT molecular complexity index is 593. The van der Waals surface area contributed by atoms with Crippen molar-refractivity contribution in [3.8, 4) is 5.06 Å². The number of thiophene rings is 1. The molecule has 1 aromatic heterocycles. The molecular weight excluding hydrogens is 404 g/mol. The van der Waals surface area contributed by atoms with E-state index in [0.29, 0.717) is 32.8 Å². The maximum Gasteiger partial charge on any atom is 0.243 e. The first-order valence-corrected chi connectivity index (χ1v) is 13.9. The second-order valence-corrected chi connectivity index (χ2v) is 12.2. The Balaban J connectivity index is 3.25. The minimum absolute atomic E-state index is 0.496. The highest BCUT2D eigenvalue weighted by Gasteiger charge is 2.45. The van der Waals surface area contributed by atoms with E-state index in [4.69, 9.17) is 4.74 Å². The molecule has 0 radical (unpaired) electrons. The number of hydrogen-bond donors (Lipinski definition) is 5. The summed E-state index contributed by atoms with van der Waals surface area (Å²) in [6, 6.07) is 3.74. The summed E-state index contributed by atoms with van der Waals surface area (Å²) < 4.78 is 33.1. The molecule has 0 aliphatic carbocycles. The third kappa shape index (κ3) is 7.17. The average Bonchev–Trinajstić information content (AvgIpc) is 3.06. The van der Waals surface area contributed by atoms with Gasteiger partial charge in [0.1, 0.15) is 0 Å². The Morgan fingerprint density at radius 1 is 0.889 bits per heavy atom. The van der Waals surface area contributed by atoms with Gasteiger partial charge in [0.2, 0.25) is 14.9 Å². The number of nitrogens with one attached hydrogen (secondary N) is 5. The smallest absolute Gasteiger partial charge is 0.243 e. The Labute approximate surface area is 167 Å². The molecule has 0 amide bonds. The molecule has 1 heterocycles.